The van der Waals surface area contributed by atoms with Crippen LogP contribution in [0.2, 0.25) is 5.02 Å². The highest BCUT2D eigenvalue weighted by molar-refractivity contribution is 7.99. The van der Waals surface area contributed by atoms with Gasteiger partial charge in [-0.25, -0.2) is 9.97 Å². The first-order valence-corrected chi connectivity index (χ1v) is 11.4. The van der Waals surface area contributed by atoms with Gasteiger partial charge in [0.15, 0.2) is 10.8 Å². The maximum atomic E-state index is 13.1. The first-order chi connectivity index (χ1) is 14.8. The van der Waals surface area contributed by atoms with E-state index in [1.807, 2.05) is 26.8 Å². The molecule has 0 bridgehead atoms. The van der Waals surface area contributed by atoms with Crippen LogP contribution in [-0.2, 0) is 29.1 Å². The number of nitrogens with one attached hydrogen (secondary N) is 1. The average molecular weight is 459 g/mol. The Labute approximate surface area is 189 Å². The number of anilines is 1. The third-order valence-corrected chi connectivity index (χ3v) is 6.26. The molecule has 162 valence electrons. The van der Waals surface area contributed by atoms with Gasteiger partial charge in [-0.3, -0.25) is 14.2 Å². The van der Waals surface area contributed by atoms with Gasteiger partial charge in [-0.2, -0.15) is 0 Å². The summed E-state index contributed by atoms with van der Waals surface area (Å²) in [6, 6.07) is 8.80. The molecular weight excluding hydrogens is 436 g/mol. The molecule has 0 atom stereocenters. The molecular formula is C22H23ClN4O3S. The molecule has 0 saturated carbocycles. The largest absolute Gasteiger partial charge is 0.370 e. The number of fused-ring (bicyclic) bond motifs is 2. The van der Waals surface area contributed by atoms with Crippen molar-refractivity contribution in [2.45, 2.75) is 51.1 Å². The van der Waals surface area contributed by atoms with Crippen molar-refractivity contribution < 1.29 is 9.53 Å². The Balaban J connectivity index is 1.61. The number of amides is 1. The molecule has 0 radical (unpaired) electrons. The fourth-order valence-electron chi connectivity index (χ4n) is 3.50. The molecule has 1 amide bonds. The second-order valence-electron chi connectivity index (χ2n) is 7.98. The van der Waals surface area contributed by atoms with Crippen LogP contribution in [0.3, 0.4) is 0 Å². The van der Waals surface area contributed by atoms with Gasteiger partial charge in [-0.1, -0.05) is 29.4 Å². The van der Waals surface area contributed by atoms with E-state index >= 15 is 0 Å². The number of aromatic nitrogens is 3. The van der Waals surface area contributed by atoms with E-state index in [4.69, 9.17) is 16.3 Å². The second-order valence-corrected chi connectivity index (χ2v) is 9.36. The molecule has 4 rings (SSSR count). The highest BCUT2D eigenvalue weighted by atomic mass is 35.5. The average Bonchev–Trinajstić information content (AvgIpc) is 2.70. The van der Waals surface area contributed by atoms with Gasteiger partial charge in [0.1, 0.15) is 0 Å². The molecule has 0 saturated heterocycles. The number of carbonyl (C=O) groups is 1. The number of hydrogen-bond donors (Lipinski definition) is 1. The van der Waals surface area contributed by atoms with Crippen LogP contribution in [0.1, 0.15) is 32.0 Å². The summed E-state index contributed by atoms with van der Waals surface area (Å²) in [6.45, 7) is 6.79. The standard InChI is InChI=1S/C22H23ClN4O3S/c1-4-27-20(29)16-8-13-11-30-22(2,3)10-17(13)25-19(16)26-21(27)31-12-18(28)24-15-7-5-6-14(23)9-15/h5-9H,4,10-12H2,1-3H3,(H,24,28). The summed E-state index contributed by atoms with van der Waals surface area (Å²) < 4.78 is 7.43. The van der Waals surface area contributed by atoms with E-state index < -0.39 is 0 Å². The lowest BCUT2D eigenvalue weighted by Crippen LogP contribution is -2.33. The van der Waals surface area contributed by atoms with Crippen LogP contribution in [0.15, 0.2) is 40.3 Å². The fourth-order valence-corrected chi connectivity index (χ4v) is 4.54. The van der Waals surface area contributed by atoms with E-state index in [2.05, 4.69) is 15.3 Å². The fraction of sp³-hybridized carbons (Fsp3) is 0.364. The Morgan fingerprint density at radius 2 is 2.13 bits per heavy atom. The van der Waals surface area contributed by atoms with E-state index in [-0.39, 0.29) is 22.8 Å². The van der Waals surface area contributed by atoms with Gasteiger partial charge in [0.2, 0.25) is 5.91 Å². The van der Waals surface area contributed by atoms with Gasteiger partial charge < -0.3 is 10.1 Å². The van der Waals surface area contributed by atoms with Crippen LogP contribution in [0.5, 0.6) is 0 Å². The maximum absolute atomic E-state index is 13.1. The van der Waals surface area contributed by atoms with Crippen molar-refractivity contribution in [1.29, 1.82) is 0 Å². The van der Waals surface area contributed by atoms with Gasteiger partial charge in [-0.15, -0.1) is 0 Å². The maximum Gasteiger partial charge on any atom is 0.263 e. The van der Waals surface area contributed by atoms with Gasteiger partial charge in [0.05, 0.1) is 29.0 Å². The minimum Gasteiger partial charge on any atom is -0.370 e. The topological polar surface area (TPSA) is 86.1 Å². The quantitative estimate of drug-likeness (QED) is 0.458. The zero-order valence-electron chi connectivity index (χ0n) is 17.6. The highest BCUT2D eigenvalue weighted by Gasteiger charge is 2.28. The Morgan fingerprint density at radius 3 is 2.87 bits per heavy atom. The number of pyridine rings is 1. The molecule has 31 heavy (non-hydrogen) atoms. The number of hydrogen-bond acceptors (Lipinski definition) is 6. The highest BCUT2D eigenvalue weighted by Crippen LogP contribution is 2.28. The first kappa shape index (κ1) is 21.8. The molecule has 0 fully saturated rings. The van der Waals surface area contributed by atoms with Crippen LogP contribution in [0, 0.1) is 0 Å². The lowest BCUT2D eigenvalue weighted by molar-refractivity contribution is -0.113. The molecule has 0 aliphatic carbocycles. The van der Waals surface area contributed by atoms with E-state index in [0.717, 1.165) is 11.3 Å². The molecule has 1 N–H and O–H groups in total. The van der Waals surface area contributed by atoms with Gasteiger partial charge in [-0.05, 0) is 45.0 Å². The minimum atomic E-state index is -0.303. The van der Waals surface area contributed by atoms with Crippen molar-refractivity contribution in [3.63, 3.8) is 0 Å². The molecule has 1 aliphatic heterocycles. The summed E-state index contributed by atoms with van der Waals surface area (Å²) in [5.74, 6) is -0.0995. The summed E-state index contributed by atoms with van der Waals surface area (Å²) in [6.07, 6.45) is 0.654. The lowest BCUT2D eigenvalue weighted by atomic mass is 9.95. The van der Waals surface area contributed by atoms with Crippen LogP contribution in [0.4, 0.5) is 5.69 Å². The molecule has 9 heteroatoms. The van der Waals surface area contributed by atoms with E-state index in [0.29, 0.717) is 46.5 Å². The van der Waals surface area contributed by atoms with E-state index in [9.17, 15) is 9.59 Å². The third kappa shape index (κ3) is 4.76. The SMILES string of the molecule is CCn1c(SCC(=O)Nc2cccc(Cl)c2)nc2nc3c(cc2c1=O)COC(C)(C)C3. The Morgan fingerprint density at radius 1 is 1.32 bits per heavy atom. The number of benzene rings is 1. The summed E-state index contributed by atoms with van der Waals surface area (Å²) in [7, 11) is 0. The molecule has 3 aromatic rings. The van der Waals surface area contributed by atoms with Crippen LogP contribution in [0.25, 0.3) is 11.0 Å². The smallest absolute Gasteiger partial charge is 0.263 e. The summed E-state index contributed by atoms with van der Waals surface area (Å²) >= 11 is 7.17. The molecule has 2 aromatic heterocycles. The lowest BCUT2D eigenvalue weighted by Gasteiger charge is -2.31. The van der Waals surface area contributed by atoms with Crippen LogP contribution < -0.4 is 10.9 Å². The number of ether oxygens (including phenoxy) is 1. The van der Waals surface area contributed by atoms with Crippen molar-refractivity contribution >= 4 is 46.0 Å². The number of thioether (sulfide) groups is 1. The summed E-state index contributed by atoms with van der Waals surface area (Å²) in [4.78, 5) is 34.8. The van der Waals surface area contributed by atoms with Gasteiger partial charge in [0, 0.05) is 29.2 Å². The first-order valence-electron chi connectivity index (χ1n) is 10.0. The van der Waals surface area contributed by atoms with E-state index in [1.165, 1.54) is 11.8 Å². The van der Waals surface area contributed by atoms with Crippen molar-refractivity contribution in [1.82, 2.24) is 14.5 Å². The molecule has 0 spiro atoms. The van der Waals surface area contributed by atoms with E-state index in [1.54, 1.807) is 28.8 Å². The Bertz CT molecular complexity index is 1230. The third-order valence-electron chi connectivity index (χ3n) is 5.05. The second kappa shape index (κ2) is 8.61. The summed E-state index contributed by atoms with van der Waals surface area (Å²) in [5, 5.41) is 4.29. The summed E-state index contributed by atoms with van der Waals surface area (Å²) in [5.41, 5.74) is 2.39. The number of nitrogens with zero attached hydrogens (tertiary/aromatic N) is 3. The van der Waals surface area contributed by atoms with Crippen molar-refractivity contribution in [2.24, 2.45) is 0 Å². The number of carbonyl (C=O) groups excluding carboxylic acids is 1. The van der Waals surface area contributed by atoms with Gasteiger partial charge >= 0.3 is 0 Å². The Kier molecular flexibility index (Phi) is 6.05. The van der Waals surface area contributed by atoms with Crippen molar-refractivity contribution in [3.05, 3.63) is 57.0 Å². The van der Waals surface area contributed by atoms with Crippen LogP contribution in [-0.4, -0.2) is 31.8 Å². The zero-order chi connectivity index (χ0) is 22.2. The Hall–Kier alpha value is -2.42. The van der Waals surface area contributed by atoms with Crippen LogP contribution >= 0.6 is 23.4 Å². The number of rotatable bonds is 5. The van der Waals surface area contributed by atoms with Crippen molar-refractivity contribution in [2.75, 3.05) is 11.1 Å². The molecule has 1 aromatic carbocycles. The normalized spacial score (nSPS) is 15.0. The predicted molar refractivity (Wildman–Crippen MR) is 123 cm³/mol. The minimum absolute atomic E-state index is 0.107. The molecule has 7 nitrogen and oxygen atoms in total. The zero-order valence-corrected chi connectivity index (χ0v) is 19.1. The van der Waals surface area contributed by atoms with Gasteiger partial charge in [0.25, 0.3) is 5.56 Å². The molecule has 0 unspecified atom stereocenters. The monoisotopic (exact) mass is 458 g/mol. The number of halogens is 1. The predicted octanol–water partition coefficient (Wildman–Crippen LogP) is 4.05. The molecule has 3 heterocycles. The molecule has 1 aliphatic rings. The van der Waals surface area contributed by atoms with Crippen molar-refractivity contribution in [3.8, 4) is 0 Å².